The Balaban J connectivity index is 2.94. The van der Waals surface area contributed by atoms with Crippen molar-refractivity contribution in [3.05, 3.63) is 17.4 Å². The Labute approximate surface area is 64.4 Å². The highest BCUT2D eigenvalue weighted by Crippen LogP contribution is 2.20. The molecule has 0 aliphatic heterocycles. The fraction of sp³-hybridized carbons (Fsp3) is 0. The first kappa shape index (κ1) is 7.26. The van der Waals surface area contributed by atoms with Gasteiger partial charge < -0.3 is 0 Å². The van der Waals surface area contributed by atoms with Gasteiger partial charge in [0.1, 0.15) is 5.15 Å². The number of hydrogen-bond acceptors (Lipinski definition) is 3. The van der Waals surface area contributed by atoms with Crippen molar-refractivity contribution >= 4 is 31.4 Å². The normalized spacial score (nSPS) is 9.56. The maximum atomic E-state index is 5.55. The summed E-state index contributed by atoms with van der Waals surface area (Å²) in [6.07, 6.45) is 1.63. The Bertz CT molecular complexity index is 208. The second-order valence-electron chi connectivity index (χ2n) is 1.28. The molecule has 0 spiro atoms. The van der Waals surface area contributed by atoms with Gasteiger partial charge in [0.05, 0.1) is 0 Å². The maximum absolute atomic E-state index is 5.55. The number of hydrogen-bond donors (Lipinski definition) is 0. The Morgan fingerprint density at radius 3 is 2.89 bits per heavy atom. The summed E-state index contributed by atoms with van der Waals surface area (Å²) in [5.41, 5.74) is 0. The largest absolute Gasteiger partial charge is 0.231 e. The topological polar surface area (TPSA) is 25.8 Å². The SMILES string of the molecule is PSc1nccc(Cl)n1. The lowest BCUT2D eigenvalue weighted by Gasteiger charge is -1.90. The van der Waals surface area contributed by atoms with Gasteiger partial charge in [0.15, 0.2) is 5.16 Å². The van der Waals surface area contributed by atoms with Crippen molar-refractivity contribution in [3.8, 4) is 0 Å². The molecule has 0 fully saturated rings. The molecule has 0 N–H and O–H groups in total. The lowest BCUT2D eigenvalue weighted by Crippen LogP contribution is -1.80. The molecule has 0 aliphatic carbocycles. The Morgan fingerprint density at radius 1 is 1.67 bits per heavy atom. The third kappa shape index (κ3) is 2.09. The van der Waals surface area contributed by atoms with Crippen LogP contribution < -0.4 is 0 Å². The van der Waals surface area contributed by atoms with Crippen LogP contribution in [0, 0.1) is 0 Å². The minimum absolute atomic E-state index is 0.481. The van der Waals surface area contributed by atoms with Crippen molar-refractivity contribution < 1.29 is 0 Å². The van der Waals surface area contributed by atoms with Gasteiger partial charge in [-0.3, -0.25) is 0 Å². The number of rotatable bonds is 1. The van der Waals surface area contributed by atoms with Gasteiger partial charge in [-0.2, -0.15) is 0 Å². The lowest BCUT2D eigenvalue weighted by atomic mass is 10.7. The highest BCUT2D eigenvalue weighted by Gasteiger charge is 1.91. The van der Waals surface area contributed by atoms with E-state index in [1.165, 1.54) is 11.4 Å². The molecule has 1 unspecified atom stereocenters. The van der Waals surface area contributed by atoms with E-state index in [1.54, 1.807) is 12.3 Å². The molecule has 0 aliphatic rings. The highest BCUT2D eigenvalue weighted by atomic mass is 35.5. The Kier molecular flexibility index (Phi) is 2.70. The molecule has 1 rings (SSSR count). The Morgan fingerprint density at radius 2 is 2.44 bits per heavy atom. The van der Waals surface area contributed by atoms with Crippen LogP contribution in [0.4, 0.5) is 0 Å². The van der Waals surface area contributed by atoms with Gasteiger partial charge in [-0.1, -0.05) is 31.4 Å². The van der Waals surface area contributed by atoms with E-state index in [-0.39, 0.29) is 0 Å². The lowest BCUT2D eigenvalue weighted by molar-refractivity contribution is 0.974. The zero-order valence-electron chi connectivity index (χ0n) is 4.41. The van der Waals surface area contributed by atoms with Crippen LogP contribution in [0.25, 0.3) is 0 Å². The Hall–Kier alpha value is 0.150. The van der Waals surface area contributed by atoms with E-state index >= 15 is 0 Å². The number of nitrogens with zero attached hydrogens (tertiary/aromatic N) is 2. The molecule has 1 aromatic heterocycles. The van der Waals surface area contributed by atoms with Crippen LogP contribution in [0.15, 0.2) is 17.4 Å². The van der Waals surface area contributed by atoms with Crippen molar-refractivity contribution in [3.63, 3.8) is 0 Å². The third-order valence-corrected chi connectivity index (χ3v) is 1.96. The zero-order valence-corrected chi connectivity index (χ0v) is 7.14. The summed E-state index contributed by atoms with van der Waals surface area (Å²) in [7, 11) is 2.45. The molecule has 5 heteroatoms. The molecule has 0 amide bonds. The van der Waals surface area contributed by atoms with Crippen LogP contribution in [0.5, 0.6) is 0 Å². The van der Waals surface area contributed by atoms with Crippen molar-refractivity contribution in [2.45, 2.75) is 5.16 Å². The van der Waals surface area contributed by atoms with E-state index in [0.717, 1.165) is 0 Å². The molecule has 0 saturated heterocycles. The maximum Gasteiger partial charge on any atom is 0.192 e. The first-order valence-electron chi connectivity index (χ1n) is 2.18. The fourth-order valence-corrected chi connectivity index (χ4v) is 1.18. The first-order valence-corrected chi connectivity index (χ1v) is 4.85. The molecular weight excluding hydrogens is 175 g/mol. The van der Waals surface area contributed by atoms with Gasteiger partial charge in [-0.05, 0) is 6.07 Å². The van der Waals surface area contributed by atoms with Crippen LogP contribution in [0.2, 0.25) is 5.15 Å². The monoisotopic (exact) mass is 178 g/mol. The first-order chi connectivity index (χ1) is 4.33. The van der Waals surface area contributed by atoms with E-state index < -0.39 is 0 Å². The molecule has 48 valence electrons. The smallest absolute Gasteiger partial charge is 0.192 e. The van der Waals surface area contributed by atoms with Crippen molar-refractivity contribution in [2.75, 3.05) is 0 Å². The molecule has 0 saturated carbocycles. The quantitative estimate of drug-likeness (QED) is 0.374. The summed E-state index contributed by atoms with van der Waals surface area (Å²) >= 11 is 6.94. The number of aromatic nitrogens is 2. The average Bonchev–Trinajstić information content (AvgIpc) is 1.88. The molecular formula is C4H4ClN2PS. The highest BCUT2D eigenvalue weighted by molar-refractivity contribution is 8.43. The van der Waals surface area contributed by atoms with Crippen molar-refractivity contribution in [1.82, 2.24) is 9.97 Å². The van der Waals surface area contributed by atoms with Gasteiger partial charge in [0.2, 0.25) is 0 Å². The summed E-state index contributed by atoms with van der Waals surface area (Å²) in [6.45, 7) is 0. The van der Waals surface area contributed by atoms with E-state index in [4.69, 9.17) is 11.6 Å². The van der Waals surface area contributed by atoms with Crippen LogP contribution in [0.1, 0.15) is 0 Å². The third-order valence-electron chi connectivity index (χ3n) is 0.705. The summed E-state index contributed by atoms with van der Waals surface area (Å²) in [6, 6.07) is 1.64. The fourth-order valence-electron chi connectivity index (χ4n) is 0.377. The van der Waals surface area contributed by atoms with Gasteiger partial charge in [0, 0.05) is 6.20 Å². The molecule has 0 radical (unpaired) electrons. The summed E-state index contributed by atoms with van der Waals surface area (Å²) < 4.78 is 0. The van der Waals surface area contributed by atoms with Crippen LogP contribution >= 0.6 is 31.4 Å². The second kappa shape index (κ2) is 3.35. The van der Waals surface area contributed by atoms with E-state index in [9.17, 15) is 0 Å². The second-order valence-corrected chi connectivity index (χ2v) is 2.97. The molecule has 1 atom stereocenters. The van der Waals surface area contributed by atoms with Crippen molar-refractivity contribution in [1.29, 1.82) is 0 Å². The summed E-state index contributed by atoms with van der Waals surface area (Å²) in [5, 5.41) is 1.16. The van der Waals surface area contributed by atoms with Crippen LogP contribution in [-0.4, -0.2) is 9.97 Å². The van der Waals surface area contributed by atoms with E-state index in [0.29, 0.717) is 10.3 Å². The number of halogens is 1. The standard InChI is InChI=1S/C4H4ClN2PS/c5-3-1-2-6-4(7-3)9-8/h1-2H,8H2. The summed E-state index contributed by atoms with van der Waals surface area (Å²) in [5.74, 6) is 0. The van der Waals surface area contributed by atoms with E-state index in [2.05, 4.69) is 18.4 Å². The van der Waals surface area contributed by atoms with Gasteiger partial charge in [0.25, 0.3) is 0 Å². The van der Waals surface area contributed by atoms with E-state index in [1.807, 2.05) is 0 Å². The van der Waals surface area contributed by atoms with Crippen LogP contribution in [-0.2, 0) is 0 Å². The van der Waals surface area contributed by atoms with Gasteiger partial charge in [-0.25, -0.2) is 9.97 Å². The minimum atomic E-state index is 0.481. The molecule has 2 nitrogen and oxygen atoms in total. The molecule has 0 bridgehead atoms. The molecule has 9 heavy (non-hydrogen) atoms. The molecule has 0 aromatic carbocycles. The summed E-state index contributed by atoms with van der Waals surface area (Å²) in [4.78, 5) is 7.79. The molecule has 1 heterocycles. The predicted molar refractivity (Wildman–Crippen MR) is 42.6 cm³/mol. The van der Waals surface area contributed by atoms with Crippen molar-refractivity contribution in [2.24, 2.45) is 0 Å². The predicted octanol–water partition coefficient (Wildman–Crippen LogP) is 2.01. The van der Waals surface area contributed by atoms with Gasteiger partial charge in [-0.15, -0.1) is 0 Å². The van der Waals surface area contributed by atoms with Crippen LogP contribution in [0.3, 0.4) is 0 Å². The zero-order chi connectivity index (χ0) is 6.69. The average molecular weight is 179 g/mol. The van der Waals surface area contributed by atoms with Gasteiger partial charge >= 0.3 is 0 Å². The minimum Gasteiger partial charge on any atom is -0.231 e. The molecule has 1 aromatic rings.